The summed E-state index contributed by atoms with van der Waals surface area (Å²) in [6.45, 7) is 2.49. The average Bonchev–Trinajstić information content (AvgIpc) is 2.65. The molecule has 8 heteroatoms. The van der Waals surface area contributed by atoms with E-state index in [9.17, 15) is 13.2 Å². The number of amides is 1. The Balaban J connectivity index is 1.76. The van der Waals surface area contributed by atoms with Crippen molar-refractivity contribution in [1.82, 2.24) is 4.31 Å². The predicted molar refractivity (Wildman–Crippen MR) is 118 cm³/mol. The second-order valence-corrected chi connectivity index (χ2v) is 10.5. The Morgan fingerprint density at radius 2 is 1.89 bits per heavy atom. The summed E-state index contributed by atoms with van der Waals surface area (Å²) in [6, 6.07) is 11.7. The second kappa shape index (κ2) is 8.59. The quantitative estimate of drug-likeness (QED) is 0.541. The van der Waals surface area contributed by atoms with Crippen LogP contribution in [0.4, 0.5) is 5.69 Å². The lowest BCUT2D eigenvalue weighted by atomic mass is 10.1. The van der Waals surface area contributed by atoms with Crippen molar-refractivity contribution in [2.45, 2.75) is 37.1 Å². The highest BCUT2D eigenvalue weighted by molar-refractivity contribution is 14.1. The maximum atomic E-state index is 12.9. The Kier molecular flexibility index (Phi) is 6.60. The molecule has 3 rings (SSSR count). The van der Waals surface area contributed by atoms with E-state index in [2.05, 4.69) is 43.8 Å². The summed E-state index contributed by atoms with van der Waals surface area (Å²) < 4.78 is 29.2. The first-order valence-electron chi connectivity index (χ1n) is 8.67. The number of rotatable bonds is 4. The fourth-order valence-electron chi connectivity index (χ4n) is 3.12. The van der Waals surface area contributed by atoms with E-state index in [-0.39, 0.29) is 16.8 Å². The minimum absolute atomic E-state index is 0.00611. The van der Waals surface area contributed by atoms with Crippen LogP contribution in [0.15, 0.2) is 51.8 Å². The fourth-order valence-corrected chi connectivity index (χ4v) is 5.58. The highest BCUT2D eigenvalue weighted by Gasteiger charge is 2.30. The van der Waals surface area contributed by atoms with Crippen LogP contribution < -0.4 is 5.32 Å². The number of benzene rings is 2. The van der Waals surface area contributed by atoms with Gasteiger partial charge >= 0.3 is 0 Å². The van der Waals surface area contributed by atoms with Crippen molar-refractivity contribution in [1.29, 1.82) is 0 Å². The number of halogens is 2. The molecule has 27 heavy (non-hydrogen) atoms. The first-order chi connectivity index (χ1) is 12.8. The molecule has 144 valence electrons. The minimum Gasteiger partial charge on any atom is -0.322 e. The minimum atomic E-state index is -3.53. The van der Waals surface area contributed by atoms with Crippen molar-refractivity contribution in [3.8, 4) is 0 Å². The zero-order valence-electron chi connectivity index (χ0n) is 14.8. The molecule has 1 aliphatic rings. The molecule has 0 spiro atoms. The van der Waals surface area contributed by atoms with Crippen LogP contribution >= 0.6 is 38.5 Å². The summed E-state index contributed by atoms with van der Waals surface area (Å²) in [5, 5.41) is 2.83. The van der Waals surface area contributed by atoms with E-state index < -0.39 is 10.0 Å². The number of hydrogen-bond donors (Lipinski definition) is 1. The molecule has 1 heterocycles. The number of carbonyl (C=O) groups excluding carboxylic acids is 1. The molecule has 1 N–H and O–H groups in total. The fraction of sp³-hybridized carbons (Fsp3) is 0.316. The lowest BCUT2D eigenvalue weighted by Crippen LogP contribution is -2.41. The number of hydrogen-bond acceptors (Lipinski definition) is 3. The Morgan fingerprint density at radius 3 is 2.52 bits per heavy atom. The zero-order chi connectivity index (χ0) is 19.6. The number of sulfonamides is 1. The van der Waals surface area contributed by atoms with Gasteiger partial charge in [0.05, 0.1) is 4.90 Å². The summed E-state index contributed by atoms with van der Waals surface area (Å²) in [6.07, 6.45) is 2.82. The molecule has 1 amide bonds. The highest BCUT2D eigenvalue weighted by atomic mass is 127. The average molecular weight is 563 g/mol. The lowest BCUT2D eigenvalue weighted by Gasteiger charge is -2.32. The topological polar surface area (TPSA) is 66.5 Å². The number of anilines is 1. The van der Waals surface area contributed by atoms with Crippen LogP contribution in [-0.4, -0.2) is 31.2 Å². The monoisotopic (exact) mass is 562 g/mol. The summed E-state index contributed by atoms with van der Waals surface area (Å²) in [5.41, 5.74) is 1.10. The van der Waals surface area contributed by atoms with Gasteiger partial charge < -0.3 is 5.32 Å². The molecule has 1 saturated heterocycles. The molecule has 1 unspecified atom stereocenters. The summed E-state index contributed by atoms with van der Waals surface area (Å²) in [7, 11) is -3.53. The van der Waals surface area contributed by atoms with E-state index >= 15 is 0 Å². The molecule has 2 aromatic carbocycles. The van der Waals surface area contributed by atoms with Crippen LogP contribution in [0.25, 0.3) is 0 Å². The molecule has 2 aromatic rings. The molecule has 0 saturated carbocycles. The molecule has 1 aliphatic heterocycles. The molecule has 1 fully saturated rings. The van der Waals surface area contributed by atoms with Gasteiger partial charge in [-0.25, -0.2) is 8.42 Å². The molecule has 0 radical (unpaired) electrons. The van der Waals surface area contributed by atoms with Gasteiger partial charge in [-0.3, -0.25) is 4.79 Å². The van der Waals surface area contributed by atoms with E-state index in [1.807, 2.05) is 19.1 Å². The van der Waals surface area contributed by atoms with Crippen molar-refractivity contribution in [3.63, 3.8) is 0 Å². The molecule has 0 bridgehead atoms. The van der Waals surface area contributed by atoms with Crippen molar-refractivity contribution < 1.29 is 13.2 Å². The number of nitrogens with zero attached hydrogens (tertiary/aromatic N) is 1. The maximum Gasteiger partial charge on any atom is 0.255 e. The van der Waals surface area contributed by atoms with Gasteiger partial charge in [0.2, 0.25) is 10.0 Å². The maximum absolute atomic E-state index is 12.9. The van der Waals surface area contributed by atoms with E-state index in [1.165, 1.54) is 12.1 Å². The molecular weight excluding hydrogens is 543 g/mol. The Bertz CT molecular complexity index is 948. The number of piperidine rings is 1. The van der Waals surface area contributed by atoms with Crippen molar-refractivity contribution in [2.75, 3.05) is 11.9 Å². The smallest absolute Gasteiger partial charge is 0.255 e. The van der Waals surface area contributed by atoms with Gasteiger partial charge in [-0.2, -0.15) is 4.31 Å². The van der Waals surface area contributed by atoms with Crippen molar-refractivity contribution >= 4 is 60.1 Å². The Hall–Kier alpha value is -0.970. The second-order valence-electron chi connectivity index (χ2n) is 6.57. The van der Waals surface area contributed by atoms with E-state index in [4.69, 9.17) is 0 Å². The third kappa shape index (κ3) is 4.72. The van der Waals surface area contributed by atoms with Crippen molar-refractivity contribution in [3.05, 3.63) is 56.1 Å². The first kappa shape index (κ1) is 20.8. The van der Waals surface area contributed by atoms with Crippen LogP contribution in [0.2, 0.25) is 0 Å². The van der Waals surface area contributed by atoms with E-state index in [0.717, 1.165) is 27.3 Å². The van der Waals surface area contributed by atoms with Crippen LogP contribution in [0.5, 0.6) is 0 Å². The molecule has 1 atom stereocenters. The van der Waals surface area contributed by atoms with Gasteiger partial charge in [-0.05, 0) is 101 Å². The lowest BCUT2D eigenvalue weighted by molar-refractivity contribution is 0.102. The standard InChI is InChI=1S/C19H20BrIN2O3S/c1-13-4-2-3-11-23(13)27(25,26)16-8-5-14(6-9-16)19(24)22-15-7-10-17(20)18(21)12-15/h5-10,12-13H,2-4,11H2,1H3,(H,22,24). The molecule has 0 aliphatic carbocycles. The predicted octanol–water partition coefficient (Wildman–Crippen LogP) is 4.87. The first-order valence-corrected chi connectivity index (χ1v) is 12.0. The normalized spacial score (nSPS) is 18.3. The number of carbonyl (C=O) groups is 1. The van der Waals surface area contributed by atoms with Crippen molar-refractivity contribution in [2.24, 2.45) is 0 Å². The van der Waals surface area contributed by atoms with Crippen LogP contribution in [0.1, 0.15) is 36.5 Å². The van der Waals surface area contributed by atoms with E-state index in [0.29, 0.717) is 17.8 Å². The van der Waals surface area contributed by atoms with Gasteiger partial charge in [0.1, 0.15) is 0 Å². The van der Waals surface area contributed by atoms with Gasteiger partial charge in [-0.1, -0.05) is 6.42 Å². The zero-order valence-corrected chi connectivity index (χ0v) is 19.3. The Labute approximate surface area is 181 Å². The SMILES string of the molecule is CC1CCCCN1S(=O)(=O)c1ccc(C(=O)Nc2ccc(Br)c(I)c2)cc1. The van der Waals surface area contributed by atoms with Gasteiger partial charge in [-0.15, -0.1) is 0 Å². The van der Waals surface area contributed by atoms with Gasteiger partial charge in [0.15, 0.2) is 0 Å². The van der Waals surface area contributed by atoms with Crippen LogP contribution in [0.3, 0.4) is 0 Å². The van der Waals surface area contributed by atoms with Gasteiger partial charge in [0.25, 0.3) is 5.91 Å². The van der Waals surface area contributed by atoms with Crippen LogP contribution in [0, 0.1) is 3.57 Å². The largest absolute Gasteiger partial charge is 0.322 e. The molecule has 0 aromatic heterocycles. The van der Waals surface area contributed by atoms with Gasteiger partial charge in [0, 0.05) is 31.9 Å². The summed E-state index contributed by atoms with van der Waals surface area (Å²) in [4.78, 5) is 12.7. The third-order valence-corrected chi connectivity index (χ3v) is 9.00. The summed E-state index contributed by atoms with van der Waals surface area (Å²) in [5.74, 6) is -0.275. The highest BCUT2D eigenvalue weighted by Crippen LogP contribution is 2.26. The number of nitrogens with one attached hydrogen (secondary N) is 1. The third-order valence-electron chi connectivity index (χ3n) is 4.64. The molecule has 5 nitrogen and oxygen atoms in total. The van der Waals surface area contributed by atoms with E-state index in [1.54, 1.807) is 22.5 Å². The molecular formula is C19H20BrIN2O3S. The van der Waals surface area contributed by atoms with Crippen LogP contribution in [-0.2, 0) is 10.0 Å². The Morgan fingerprint density at radius 1 is 1.19 bits per heavy atom. The summed E-state index contributed by atoms with van der Waals surface area (Å²) >= 11 is 5.60.